The van der Waals surface area contributed by atoms with Crippen LogP contribution >= 0.6 is 0 Å². The SMILES string of the molecule is O=S(=O)(CCCCO)NCc1ccc(C(F)(F)F)cc1. The highest BCUT2D eigenvalue weighted by Crippen LogP contribution is 2.29. The van der Waals surface area contributed by atoms with Gasteiger partial charge in [0.25, 0.3) is 0 Å². The van der Waals surface area contributed by atoms with E-state index in [0.29, 0.717) is 18.4 Å². The molecular formula is C12H16F3NO3S. The van der Waals surface area contributed by atoms with Crippen molar-refractivity contribution in [1.29, 1.82) is 0 Å². The van der Waals surface area contributed by atoms with Crippen LogP contribution in [0.5, 0.6) is 0 Å². The smallest absolute Gasteiger partial charge is 0.396 e. The molecule has 0 aliphatic heterocycles. The second kappa shape index (κ2) is 7.05. The van der Waals surface area contributed by atoms with Crippen molar-refractivity contribution in [1.82, 2.24) is 4.72 Å². The maximum Gasteiger partial charge on any atom is 0.416 e. The normalized spacial score (nSPS) is 12.6. The molecule has 0 aliphatic carbocycles. The minimum absolute atomic E-state index is 0.0560. The van der Waals surface area contributed by atoms with Gasteiger partial charge in [-0.05, 0) is 30.5 Å². The minimum Gasteiger partial charge on any atom is -0.396 e. The molecule has 1 aromatic rings. The van der Waals surface area contributed by atoms with E-state index < -0.39 is 21.8 Å². The molecule has 0 saturated carbocycles. The molecule has 0 radical (unpaired) electrons. The maximum absolute atomic E-state index is 12.3. The molecule has 2 N–H and O–H groups in total. The first-order chi connectivity index (χ1) is 9.24. The summed E-state index contributed by atoms with van der Waals surface area (Å²) in [4.78, 5) is 0. The first kappa shape index (κ1) is 16.9. The topological polar surface area (TPSA) is 66.4 Å². The van der Waals surface area contributed by atoms with E-state index in [1.165, 1.54) is 12.1 Å². The Morgan fingerprint density at radius 3 is 2.20 bits per heavy atom. The van der Waals surface area contributed by atoms with Crippen molar-refractivity contribution in [3.05, 3.63) is 35.4 Å². The fourth-order valence-corrected chi connectivity index (χ4v) is 2.60. The lowest BCUT2D eigenvalue weighted by Crippen LogP contribution is -2.26. The molecule has 1 aromatic carbocycles. The number of aliphatic hydroxyl groups is 1. The van der Waals surface area contributed by atoms with E-state index in [1.54, 1.807) is 0 Å². The molecule has 0 aromatic heterocycles. The minimum atomic E-state index is -4.40. The summed E-state index contributed by atoms with van der Waals surface area (Å²) in [6.45, 7) is -0.131. The van der Waals surface area contributed by atoms with Gasteiger partial charge in [-0.2, -0.15) is 13.2 Å². The van der Waals surface area contributed by atoms with Crippen LogP contribution in [0.15, 0.2) is 24.3 Å². The lowest BCUT2D eigenvalue weighted by molar-refractivity contribution is -0.137. The van der Waals surface area contributed by atoms with Gasteiger partial charge in [0.1, 0.15) is 0 Å². The van der Waals surface area contributed by atoms with Gasteiger partial charge in [0.05, 0.1) is 11.3 Å². The summed E-state index contributed by atoms with van der Waals surface area (Å²) in [6.07, 6.45) is -3.68. The number of rotatable bonds is 7. The summed E-state index contributed by atoms with van der Waals surface area (Å²) in [5, 5.41) is 8.56. The number of halogens is 3. The van der Waals surface area contributed by atoms with Crippen LogP contribution in [-0.4, -0.2) is 25.9 Å². The Morgan fingerprint density at radius 2 is 1.70 bits per heavy atom. The Balaban J connectivity index is 2.53. The van der Waals surface area contributed by atoms with Crippen LogP contribution < -0.4 is 4.72 Å². The summed E-state index contributed by atoms with van der Waals surface area (Å²) < 4.78 is 62.4. The fourth-order valence-electron chi connectivity index (χ4n) is 1.48. The third-order valence-electron chi connectivity index (χ3n) is 2.60. The van der Waals surface area contributed by atoms with Gasteiger partial charge in [-0.3, -0.25) is 0 Å². The van der Waals surface area contributed by atoms with Gasteiger partial charge in [-0.15, -0.1) is 0 Å². The number of hydrogen-bond acceptors (Lipinski definition) is 3. The zero-order valence-electron chi connectivity index (χ0n) is 10.7. The highest BCUT2D eigenvalue weighted by molar-refractivity contribution is 7.89. The summed E-state index contributed by atoms with van der Waals surface area (Å²) in [6, 6.07) is 4.29. The lowest BCUT2D eigenvalue weighted by Gasteiger charge is -2.09. The maximum atomic E-state index is 12.3. The Morgan fingerprint density at radius 1 is 1.10 bits per heavy atom. The van der Waals surface area contributed by atoms with Gasteiger partial charge < -0.3 is 5.11 Å². The second-order valence-corrected chi connectivity index (χ2v) is 6.19. The molecule has 20 heavy (non-hydrogen) atoms. The molecule has 0 amide bonds. The van der Waals surface area contributed by atoms with E-state index in [0.717, 1.165) is 12.1 Å². The highest BCUT2D eigenvalue weighted by atomic mass is 32.2. The Hall–Kier alpha value is -1.12. The van der Waals surface area contributed by atoms with E-state index in [9.17, 15) is 21.6 Å². The van der Waals surface area contributed by atoms with Gasteiger partial charge in [0.15, 0.2) is 0 Å². The standard InChI is InChI=1S/C12H16F3NO3S/c13-12(14,15)11-5-3-10(4-6-11)9-16-20(18,19)8-2-1-7-17/h3-6,16-17H,1-2,7-9H2. The van der Waals surface area contributed by atoms with Crippen molar-refractivity contribution in [2.75, 3.05) is 12.4 Å². The van der Waals surface area contributed by atoms with E-state index in [2.05, 4.69) is 4.72 Å². The summed E-state index contributed by atoms with van der Waals surface area (Å²) in [5.41, 5.74) is -0.323. The van der Waals surface area contributed by atoms with Crippen molar-refractivity contribution in [3.8, 4) is 0 Å². The molecule has 0 heterocycles. The largest absolute Gasteiger partial charge is 0.416 e. The third-order valence-corrected chi connectivity index (χ3v) is 4.01. The molecule has 0 spiro atoms. The van der Waals surface area contributed by atoms with Gasteiger partial charge in [0.2, 0.25) is 10.0 Å². The summed E-state index contributed by atoms with van der Waals surface area (Å²) in [7, 11) is -3.47. The average molecular weight is 311 g/mol. The number of unbranched alkanes of at least 4 members (excludes halogenated alkanes) is 1. The lowest BCUT2D eigenvalue weighted by atomic mass is 10.1. The van der Waals surface area contributed by atoms with Crippen LogP contribution in [0.2, 0.25) is 0 Å². The molecule has 1 rings (SSSR count). The zero-order valence-corrected chi connectivity index (χ0v) is 11.5. The molecule has 114 valence electrons. The van der Waals surface area contributed by atoms with Crippen molar-refractivity contribution < 1.29 is 26.7 Å². The quantitative estimate of drug-likeness (QED) is 0.756. The molecule has 4 nitrogen and oxygen atoms in total. The monoisotopic (exact) mass is 311 g/mol. The Labute approximate surface area is 115 Å². The van der Waals surface area contributed by atoms with E-state index in [-0.39, 0.29) is 18.9 Å². The molecule has 0 unspecified atom stereocenters. The third kappa shape index (κ3) is 5.89. The van der Waals surface area contributed by atoms with Crippen LogP contribution in [0, 0.1) is 0 Å². The molecule has 0 atom stereocenters. The molecule has 0 fully saturated rings. The van der Waals surface area contributed by atoms with Gasteiger partial charge in [-0.25, -0.2) is 13.1 Å². The van der Waals surface area contributed by atoms with Gasteiger partial charge in [0, 0.05) is 13.2 Å². The van der Waals surface area contributed by atoms with E-state index in [4.69, 9.17) is 5.11 Å². The Bertz CT molecular complexity index is 512. The van der Waals surface area contributed by atoms with Crippen molar-refractivity contribution >= 4 is 10.0 Å². The average Bonchev–Trinajstić information content (AvgIpc) is 2.36. The van der Waals surface area contributed by atoms with Crippen molar-refractivity contribution in [3.63, 3.8) is 0 Å². The van der Waals surface area contributed by atoms with Crippen LogP contribution in [0.4, 0.5) is 13.2 Å². The van der Waals surface area contributed by atoms with Gasteiger partial charge >= 0.3 is 6.18 Å². The molecular weight excluding hydrogens is 295 g/mol. The molecule has 0 bridgehead atoms. The predicted molar refractivity (Wildman–Crippen MR) is 68.4 cm³/mol. The van der Waals surface area contributed by atoms with Crippen LogP contribution in [0.1, 0.15) is 24.0 Å². The van der Waals surface area contributed by atoms with Crippen molar-refractivity contribution in [2.45, 2.75) is 25.6 Å². The first-order valence-corrected chi connectivity index (χ1v) is 7.64. The number of alkyl halides is 3. The predicted octanol–water partition coefficient (Wildman–Crippen LogP) is 1.90. The fraction of sp³-hybridized carbons (Fsp3) is 0.500. The molecule has 0 saturated heterocycles. The summed E-state index contributed by atoms with van der Waals surface area (Å²) >= 11 is 0. The van der Waals surface area contributed by atoms with E-state index in [1.807, 2.05) is 0 Å². The number of benzene rings is 1. The second-order valence-electron chi connectivity index (χ2n) is 4.27. The summed E-state index contributed by atoms with van der Waals surface area (Å²) in [5.74, 6) is -0.117. The van der Waals surface area contributed by atoms with E-state index >= 15 is 0 Å². The number of nitrogens with one attached hydrogen (secondary N) is 1. The number of aliphatic hydroxyl groups excluding tert-OH is 1. The molecule has 8 heteroatoms. The molecule has 0 aliphatic rings. The number of hydrogen-bond donors (Lipinski definition) is 2. The number of sulfonamides is 1. The highest BCUT2D eigenvalue weighted by Gasteiger charge is 2.29. The van der Waals surface area contributed by atoms with Crippen LogP contribution in [0.3, 0.4) is 0 Å². The van der Waals surface area contributed by atoms with Crippen LogP contribution in [0.25, 0.3) is 0 Å². The zero-order chi connectivity index (χ0) is 15.2. The first-order valence-electron chi connectivity index (χ1n) is 5.99. The Kier molecular flexibility index (Phi) is 5.97. The van der Waals surface area contributed by atoms with Crippen molar-refractivity contribution in [2.24, 2.45) is 0 Å². The van der Waals surface area contributed by atoms with Gasteiger partial charge in [-0.1, -0.05) is 12.1 Å². The van der Waals surface area contributed by atoms with Crippen LogP contribution in [-0.2, 0) is 22.7 Å².